The average Bonchev–Trinajstić information content (AvgIpc) is 2.61. The highest BCUT2D eigenvalue weighted by Crippen LogP contribution is 2.23. The Balaban J connectivity index is 1.59. The largest absolute Gasteiger partial charge is 0.481 e. The van der Waals surface area contributed by atoms with Crippen LogP contribution in [-0.4, -0.2) is 50.0 Å². The first-order valence-corrected chi connectivity index (χ1v) is 9.22. The molecule has 2 aromatic rings. The van der Waals surface area contributed by atoms with E-state index in [9.17, 15) is 8.42 Å². The highest BCUT2D eigenvalue weighted by molar-refractivity contribution is 7.89. The molecule has 0 saturated carbocycles. The number of aromatic nitrogens is 2. The van der Waals surface area contributed by atoms with Gasteiger partial charge in [-0.25, -0.2) is 23.1 Å². The van der Waals surface area contributed by atoms with Crippen LogP contribution in [0.5, 0.6) is 5.88 Å². The maximum absolute atomic E-state index is 12.2. The summed E-state index contributed by atoms with van der Waals surface area (Å²) in [4.78, 5) is 10.9. The zero-order chi connectivity index (χ0) is 17.0. The van der Waals surface area contributed by atoms with Crippen molar-refractivity contribution in [2.24, 2.45) is 0 Å². The van der Waals surface area contributed by atoms with E-state index in [2.05, 4.69) is 19.6 Å². The van der Waals surface area contributed by atoms with Crippen LogP contribution in [0.2, 0.25) is 0 Å². The molecule has 3 rings (SSSR count). The summed E-state index contributed by atoms with van der Waals surface area (Å²) in [6.45, 7) is 2.46. The van der Waals surface area contributed by atoms with Crippen molar-refractivity contribution in [3.05, 3.63) is 47.9 Å². The summed E-state index contributed by atoms with van der Waals surface area (Å²) >= 11 is 0. The number of hydrogen-bond acceptors (Lipinski definition) is 6. The van der Waals surface area contributed by atoms with Crippen molar-refractivity contribution in [2.75, 3.05) is 26.7 Å². The summed E-state index contributed by atoms with van der Waals surface area (Å²) in [6.07, 6.45) is 2.32. The van der Waals surface area contributed by atoms with Crippen molar-refractivity contribution < 1.29 is 13.2 Å². The van der Waals surface area contributed by atoms with Crippen LogP contribution in [0.4, 0.5) is 0 Å². The molecule has 1 aliphatic heterocycles. The molecule has 0 radical (unpaired) electrons. The quantitative estimate of drug-likeness (QED) is 0.832. The lowest BCUT2D eigenvalue weighted by Gasteiger charge is -2.28. The fourth-order valence-electron chi connectivity index (χ4n) is 2.76. The Morgan fingerprint density at radius 1 is 1.25 bits per heavy atom. The third kappa shape index (κ3) is 3.72. The van der Waals surface area contributed by atoms with Gasteiger partial charge in [0.05, 0.1) is 17.7 Å². The summed E-state index contributed by atoms with van der Waals surface area (Å²) in [7, 11) is -1.87. The molecule has 0 atom stereocenters. The number of sulfonamides is 1. The highest BCUT2D eigenvalue weighted by atomic mass is 32.2. The molecule has 1 N–H and O–H groups in total. The van der Waals surface area contributed by atoms with Gasteiger partial charge >= 0.3 is 0 Å². The topological polar surface area (TPSA) is 84.4 Å². The molecule has 24 heavy (non-hydrogen) atoms. The zero-order valence-electron chi connectivity index (χ0n) is 13.5. The fourth-order valence-corrected chi connectivity index (χ4v) is 3.80. The van der Waals surface area contributed by atoms with Crippen LogP contribution in [0.1, 0.15) is 11.3 Å². The first-order valence-electron chi connectivity index (χ1n) is 7.74. The second-order valence-electron chi connectivity index (χ2n) is 5.55. The van der Waals surface area contributed by atoms with E-state index in [1.165, 1.54) is 6.33 Å². The lowest BCUT2D eigenvalue weighted by atomic mass is 10.1. The Hall–Kier alpha value is -2.03. The van der Waals surface area contributed by atoms with Gasteiger partial charge < -0.3 is 4.74 Å². The van der Waals surface area contributed by atoms with Crippen LogP contribution in [0.3, 0.4) is 0 Å². The number of nitrogens with one attached hydrogen (secondary N) is 1. The normalized spacial score (nSPS) is 15.0. The van der Waals surface area contributed by atoms with E-state index in [-0.39, 0.29) is 4.90 Å². The molecule has 1 aromatic carbocycles. The van der Waals surface area contributed by atoms with Crippen molar-refractivity contribution in [2.45, 2.75) is 17.9 Å². The van der Waals surface area contributed by atoms with Crippen molar-refractivity contribution in [1.29, 1.82) is 0 Å². The van der Waals surface area contributed by atoms with Crippen LogP contribution in [0.15, 0.2) is 41.6 Å². The first kappa shape index (κ1) is 16.8. The summed E-state index contributed by atoms with van der Waals surface area (Å²) in [5.74, 6) is 0.592. The van der Waals surface area contributed by atoms with Gasteiger partial charge in [-0.3, -0.25) is 4.90 Å². The van der Waals surface area contributed by atoms with Crippen LogP contribution < -0.4 is 9.46 Å². The van der Waals surface area contributed by atoms with Crippen molar-refractivity contribution in [1.82, 2.24) is 19.6 Å². The number of methoxy groups -OCH3 is 1. The summed E-state index contributed by atoms with van der Waals surface area (Å²) in [5, 5.41) is 0. The van der Waals surface area contributed by atoms with Crippen LogP contribution in [0, 0.1) is 0 Å². The highest BCUT2D eigenvalue weighted by Gasteiger charge is 2.22. The Bertz CT molecular complexity index is 782. The van der Waals surface area contributed by atoms with Gasteiger partial charge in [0.25, 0.3) is 0 Å². The van der Waals surface area contributed by atoms with Crippen LogP contribution in [-0.2, 0) is 23.0 Å². The molecule has 1 aliphatic rings. The second kappa shape index (κ2) is 7.25. The number of rotatable bonds is 6. The number of benzene rings is 1. The van der Waals surface area contributed by atoms with Gasteiger partial charge in [0.1, 0.15) is 6.33 Å². The average molecular weight is 348 g/mol. The number of hydrogen-bond donors (Lipinski definition) is 1. The Morgan fingerprint density at radius 3 is 2.79 bits per heavy atom. The number of fused-ring (bicyclic) bond motifs is 1. The second-order valence-corrected chi connectivity index (χ2v) is 7.31. The maximum Gasteiger partial charge on any atom is 0.240 e. The van der Waals surface area contributed by atoms with Gasteiger partial charge in [0.2, 0.25) is 15.9 Å². The summed E-state index contributed by atoms with van der Waals surface area (Å²) in [6, 6.07) is 8.38. The third-order valence-corrected chi connectivity index (χ3v) is 5.49. The van der Waals surface area contributed by atoms with Gasteiger partial charge in [0, 0.05) is 38.2 Å². The standard InChI is InChI=1S/C16H20N4O3S/c1-23-16-14-11-20(9-7-15(14)17-12-18-16)10-8-19-24(21,22)13-5-3-2-4-6-13/h2-6,12,19H,7-11H2,1H3. The first-order chi connectivity index (χ1) is 11.6. The molecular formula is C16H20N4O3S. The van der Waals surface area contributed by atoms with Gasteiger partial charge in [-0.15, -0.1) is 0 Å². The molecule has 0 spiro atoms. The van der Waals surface area contributed by atoms with E-state index >= 15 is 0 Å². The number of nitrogens with zero attached hydrogens (tertiary/aromatic N) is 3. The van der Waals surface area contributed by atoms with Gasteiger partial charge in [0.15, 0.2) is 0 Å². The molecule has 7 nitrogen and oxygen atoms in total. The molecule has 128 valence electrons. The predicted octanol–water partition coefficient (Wildman–Crippen LogP) is 0.822. The SMILES string of the molecule is COc1ncnc2c1CN(CCNS(=O)(=O)c1ccccc1)CC2. The predicted molar refractivity (Wildman–Crippen MR) is 89.2 cm³/mol. The van der Waals surface area contributed by atoms with Gasteiger partial charge in [-0.1, -0.05) is 18.2 Å². The maximum atomic E-state index is 12.2. The summed E-state index contributed by atoms with van der Waals surface area (Å²) in [5.41, 5.74) is 1.99. The monoisotopic (exact) mass is 348 g/mol. The Labute approximate surface area is 141 Å². The molecular weight excluding hydrogens is 328 g/mol. The Morgan fingerprint density at radius 2 is 2.04 bits per heavy atom. The van der Waals surface area contributed by atoms with Crippen LogP contribution >= 0.6 is 0 Å². The van der Waals surface area contributed by atoms with Crippen molar-refractivity contribution >= 4 is 10.0 Å². The van der Waals surface area contributed by atoms with Crippen molar-refractivity contribution in [3.63, 3.8) is 0 Å². The molecule has 0 bridgehead atoms. The zero-order valence-corrected chi connectivity index (χ0v) is 14.3. The van der Waals surface area contributed by atoms with E-state index in [1.807, 2.05) is 0 Å². The smallest absolute Gasteiger partial charge is 0.240 e. The minimum absolute atomic E-state index is 0.282. The van der Waals surface area contributed by atoms with Gasteiger partial charge in [-0.05, 0) is 12.1 Å². The molecule has 8 heteroatoms. The molecule has 0 unspecified atom stereocenters. The molecule has 0 fully saturated rings. The molecule has 0 amide bonds. The third-order valence-electron chi connectivity index (χ3n) is 4.01. The lowest BCUT2D eigenvalue weighted by Crippen LogP contribution is -2.38. The fraction of sp³-hybridized carbons (Fsp3) is 0.375. The van der Waals surface area contributed by atoms with E-state index < -0.39 is 10.0 Å². The molecule has 0 saturated heterocycles. The van der Waals surface area contributed by atoms with E-state index in [1.54, 1.807) is 37.4 Å². The molecule has 1 aromatic heterocycles. The lowest BCUT2D eigenvalue weighted by molar-refractivity contribution is 0.248. The van der Waals surface area contributed by atoms with Gasteiger partial charge in [-0.2, -0.15) is 0 Å². The Kier molecular flexibility index (Phi) is 5.08. The van der Waals surface area contributed by atoms with Crippen LogP contribution in [0.25, 0.3) is 0 Å². The van der Waals surface area contributed by atoms with E-state index in [0.29, 0.717) is 25.5 Å². The summed E-state index contributed by atoms with van der Waals surface area (Å²) < 4.78 is 32.3. The van der Waals surface area contributed by atoms with E-state index in [4.69, 9.17) is 4.74 Å². The van der Waals surface area contributed by atoms with Crippen molar-refractivity contribution in [3.8, 4) is 5.88 Å². The van der Waals surface area contributed by atoms with E-state index in [0.717, 1.165) is 24.2 Å². The molecule has 2 heterocycles. The minimum atomic E-state index is -3.46. The molecule has 0 aliphatic carbocycles. The number of ether oxygens (including phenoxy) is 1. The minimum Gasteiger partial charge on any atom is -0.481 e.